The fourth-order valence-corrected chi connectivity index (χ4v) is 8.27. The molecule has 0 amide bonds. The zero-order chi connectivity index (χ0) is 20.9. The van der Waals surface area contributed by atoms with Crippen molar-refractivity contribution in [2.45, 2.75) is 116 Å². The summed E-state index contributed by atoms with van der Waals surface area (Å²) in [5, 5.41) is 0. The molecule has 0 spiro atoms. The van der Waals surface area contributed by atoms with Crippen LogP contribution in [0.25, 0.3) is 0 Å². The van der Waals surface area contributed by atoms with Gasteiger partial charge >= 0.3 is 0 Å². The Labute approximate surface area is 176 Å². The second kappa shape index (κ2) is 6.19. The number of hydrogen-bond acceptors (Lipinski definition) is 5. The van der Waals surface area contributed by atoms with Gasteiger partial charge in [0.05, 0.1) is 23.9 Å². The zero-order valence-corrected chi connectivity index (χ0v) is 19.4. The lowest BCUT2D eigenvalue weighted by Gasteiger charge is -2.68. The average Bonchev–Trinajstić information content (AvgIpc) is 3.20. The molecule has 0 radical (unpaired) electrons. The largest absolute Gasteiger partial charge is 0.363 e. The van der Waals surface area contributed by atoms with Crippen LogP contribution in [0.4, 0.5) is 0 Å². The maximum absolute atomic E-state index is 7.13. The van der Waals surface area contributed by atoms with E-state index in [-0.39, 0.29) is 40.3 Å². The van der Waals surface area contributed by atoms with Crippen LogP contribution in [0.1, 0.15) is 80.6 Å². The summed E-state index contributed by atoms with van der Waals surface area (Å²) in [4.78, 5) is 0. The molecule has 0 aromatic heterocycles. The first kappa shape index (κ1) is 20.7. The number of rotatable bonds is 1. The van der Waals surface area contributed by atoms with Crippen LogP contribution in [0.3, 0.4) is 0 Å². The Balaban J connectivity index is 1.52. The molecule has 2 aliphatic carbocycles. The minimum Gasteiger partial charge on any atom is -0.363 e. The van der Waals surface area contributed by atoms with Crippen molar-refractivity contribution in [1.29, 1.82) is 0 Å². The van der Waals surface area contributed by atoms with Crippen LogP contribution < -0.4 is 0 Å². The van der Waals surface area contributed by atoms with E-state index in [1.54, 1.807) is 0 Å². The molecule has 2 saturated carbocycles. The monoisotopic (exact) mass is 408 g/mol. The van der Waals surface area contributed by atoms with Crippen LogP contribution in [-0.4, -0.2) is 48.7 Å². The van der Waals surface area contributed by atoms with Gasteiger partial charge in [-0.1, -0.05) is 27.2 Å². The molecule has 5 nitrogen and oxygen atoms in total. The Hall–Kier alpha value is -0.200. The van der Waals surface area contributed by atoms with Crippen molar-refractivity contribution in [1.82, 2.24) is 0 Å². The van der Waals surface area contributed by atoms with Gasteiger partial charge in [-0.2, -0.15) is 0 Å². The van der Waals surface area contributed by atoms with E-state index >= 15 is 0 Å². The van der Waals surface area contributed by atoms with Crippen molar-refractivity contribution in [3.8, 4) is 0 Å². The Kier molecular flexibility index (Phi) is 4.42. The van der Waals surface area contributed by atoms with Gasteiger partial charge in [-0.25, -0.2) is 0 Å². The van der Waals surface area contributed by atoms with Crippen molar-refractivity contribution in [3.63, 3.8) is 0 Å². The highest BCUT2D eigenvalue weighted by Crippen LogP contribution is 2.67. The molecule has 0 aromatic rings. The summed E-state index contributed by atoms with van der Waals surface area (Å²) in [7, 11) is 0. The molecule has 5 rings (SSSR count). The normalized spacial score (nSPS) is 55.8. The Morgan fingerprint density at radius 2 is 1.62 bits per heavy atom. The smallest absolute Gasteiger partial charge is 0.163 e. The summed E-state index contributed by atoms with van der Waals surface area (Å²) in [5.74, 6) is 0.430. The average molecular weight is 409 g/mol. The fourth-order valence-electron chi connectivity index (χ4n) is 8.27. The van der Waals surface area contributed by atoms with Gasteiger partial charge in [0.25, 0.3) is 0 Å². The van der Waals surface area contributed by atoms with Crippen LogP contribution in [0.5, 0.6) is 0 Å². The molecule has 3 saturated heterocycles. The first-order valence-electron chi connectivity index (χ1n) is 11.7. The van der Waals surface area contributed by atoms with Crippen LogP contribution in [-0.2, 0) is 23.7 Å². The molecule has 5 heteroatoms. The van der Waals surface area contributed by atoms with Crippen molar-refractivity contribution in [2.75, 3.05) is 13.4 Å². The molecule has 0 unspecified atom stereocenters. The highest BCUT2D eigenvalue weighted by Gasteiger charge is 2.71. The van der Waals surface area contributed by atoms with Crippen LogP contribution in [0.2, 0.25) is 0 Å². The van der Waals surface area contributed by atoms with E-state index in [4.69, 9.17) is 23.7 Å². The first-order valence-corrected chi connectivity index (χ1v) is 11.7. The van der Waals surface area contributed by atoms with E-state index in [9.17, 15) is 0 Å². The predicted octanol–water partition coefficient (Wildman–Crippen LogP) is 4.67. The van der Waals surface area contributed by atoms with Gasteiger partial charge in [-0.15, -0.1) is 0 Å². The molecular weight excluding hydrogens is 368 g/mol. The van der Waals surface area contributed by atoms with E-state index in [0.717, 1.165) is 12.8 Å². The molecule has 29 heavy (non-hydrogen) atoms. The lowest BCUT2D eigenvalue weighted by molar-refractivity contribution is -0.324. The molecule has 0 N–H and O–H groups in total. The van der Waals surface area contributed by atoms with E-state index in [1.807, 2.05) is 13.8 Å². The fraction of sp³-hybridized carbons (Fsp3) is 1.00. The SMILES string of the molecule is CC1(C)OC[C@H]([C@@]2(C)CC[C@@H]3[C@@]4(C)CCCC(C)(C)[C@H]4[C@@H]4OCO[C@@H]4[C@@]3(C)O2)O1. The van der Waals surface area contributed by atoms with Crippen LogP contribution >= 0.6 is 0 Å². The Morgan fingerprint density at radius 1 is 0.862 bits per heavy atom. The second-order valence-corrected chi connectivity index (χ2v) is 12.2. The minimum absolute atomic E-state index is 0.0158. The summed E-state index contributed by atoms with van der Waals surface area (Å²) >= 11 is 0. The molecular formula is C24H40O5. The maximum atomic E-state index is 7.13. The summed E-state index contributed by atoms with van der Waals surface area (Å²) in [6, 6.07) is 0. The summed E-state index contributed by atoms with van der Waals surface area (Å²) in [6.45, 7) is 16.9. The van der Waals surface area contributed by atoms with Gasteiger partial charge in [0.2, 0.25) is 0 Å². The Morgan fingerprint density at radius 3 is 2.31 bits per heavy atom. The third-order valence-corrected chi connectivity index (χ3v) is 9.35. The molecule has 3 heterocycles. The van der Waals surface area contributed by atoms with Crippen molar-refractivity contribution in [2.24, 2.45) is 22.7 Å². The zero-order valence-electron chi connectivity index (χ0n) is 19.4. The lowest BCUT2D eigenvalue weighted by Crippen LogP contribution is -2.73. The van der Waals surface area contributed by atoms with Crippen molar-refractivity contribution < 1.29 is 23.7 Å². The Bertz CT molecular complexity index is 676. The van der Waals surface area contributed by atoms with Gasteiger partial charge in [0, 0.05) is 0 Å². The molecule has 0 aromatic carbocycles. The highest BCUT2D eigenvalue weighted by molar-refractivity contribution is 5.19. The topological polar surface area (TPSA) is 46.2 Å². The highest BCUT2D eigenvalue weighted by atomic mass is 16.8. The number of ether oxygens (including phenoxy) is 5. The molecule has 8 atom stereocenters. The molecule has 5 aliphatic rings. The van der Waals surface area contributed by atoms with Gasteiger partial charge in [-0.05, 0) is 76.0 Å². The summed E-state index contributed by atoms with van der Waals surface area (Å²) < 4.78 is 31.9. The second-order valence-electron chi connectivity index (χ2n) is 12.2. The molecule has 3 aliphatic heterocycles. The third-order valence-electron chi connectivity index (χ3n) is 9.35. The maximum Gasteiger partial charge on any atom is 0.163 e. The van der Waals surface area contributed by atoms with E-state index < -0.39 is 5.79 Å². The van der Waals surface area contributed by atoms with Crippen molar-refractivity contribution in [3.05, 3.63) is 0 Å². The van der Waals surface area contributed by atoms with Crippen molar-refractivity contribution >= 4 is 0 Å². The van der Waals surface area contributed by atoms with E-state index in [1.165, 1.54) is 19.3 Å². The van der Waals surface area contributed by atoms with E-state index in [2.05, 4.69) is 34.6 Å². The number of fused-ring (bicyclic) bond motifs is 6. The molecule has 5 fully saturated rings. The quantitative estimate of drug-likeness (QED) is 0.631. The van der Waals surface area contributed by atoms with Gasteiger partial charge in [-0.3, -0.25) is 0 Å². The van der Waals surface area contributed by atoms with Gasteiger partial charge in [0.1, 0.15) is 19.0 Å². The molecule has 0 bridgehead atoms. The van der Waals surface area contributed by atoms with E-state index in [0.29, 0.717) is 25.2 Å². The lowest BCUT2D eigenvalue weighted by atomic mass is 9.43. The van der Waals surface area contributed by atoms with Crippen LogP contribution in [0.15, 0.2) is 0 Å². The summed E-state index contributed by atoms with van der Waals surface area (Å²) in [6.07, 6.45) is 5.99. The number of hydrogen-bond donors (Lipinski definition) is 0. The third kappa shape index (κ3) is 2.83. The first-order chi connectivity index (χ1) is 13.4. The summed E-state index contributed by atoms with van der Waals surface area (Å²) in [5.41, 5.74) is -0.275. The van der Waals surface area contributed by atoms with Crippen LogP contribution in [0, 0.1) is 22.7 Å². The van der Waals surface area contributed by atoms with Gasteiger partial charge in [0.15, 0.2) is 5.79 Å². The predicted molar refractivity (Wildman–Crippen MR) is 109 cm³/mol. The minimum atomic E-state index is -0.540. The standard InChI is InChI=1S/C24H40O5/c1-20(2)10-8-11-22(5)15-9-12-23(6,16-13-27-21(3,4)28-16)29-24(15,7)19-17(18(20)22)25-14-26-19/h15-19H,8-14H2,1-7H3/t15-,16-,17+,18-,19+,22-,23-,24+/m1/s1. The van der Waals surface area contributed by atoms with Gasteiger partial charge < -0.3 is 23.7 Å². The molecule has 166 valence electrons.